The van der Waals surface area contributed by atoms with E-state index in [1.807, 2.05) is 12.1 Å². The second-order valence-corrected chi connectivity index (χ2v) is 4.00. The quantitative estimate of drug-likeness (QED) is 0.622. The Morgan fingerprint density at radius 1 is 0.842 bits per heavy atom. The van der Waals surface area contributed by atoms with Crippen LogP contribution in [0.2, 0.25) is 0 Å². The van der Waals surface area contributed by atoms with Gasteiger partial charge in [-0.15, -0.1) is 24.8 Å². The number of rotatable bonds is 0. The Hall–Kier alpha value is -1.26. The van der Waals surface area contributed by atoms with Gasteiger partial charge in [-0.1, -0.05) is 35.9 Å². The van der Waals surface area contributed by atoms with Gasteiger partial charge in [0.15, 0.2) is 0 Å². The topological polar surface area (TPSA) is 79.2 Å². The van der Waals surface area contributed by atoms with Gasteiger partial charge in [-0.25, -0.2) is 0 Å². The number of halogens is 2. The van der Waals surface area contributed by atoms with Gasteiger partial charge in [-0.2, -0.15) is 0 Å². The van der Waals surface area contributed by atoms with Crippen LogP contribution in [0.25, 0.3) is 0 Å². The Labute approximate surface area is 126 Å². The van der Waals surface area contributed by atoms with E-state index < -0.39 is 0 Å². The minimum atomic E-state index is 0. The molecule has 0 saturated heterocycles. The Morgan fingerprint density at radius 2 is 1.47 bits per heavy atom. The van der Waals surface area contributed by atoms with Crippen molar-refractivity contribution in [2.45, 2.75) is 13.3 Å². The normalized spacial score (nSPS) is 9.95. The van der Waals surface area contributed by atoms with E-state index in [0.29, 0.717) is 0 Å². The van der Waals surface area contributed by atoms with Crippen LogP contribution in [-0.4, -0.2) is 0 Å². The molecule has 6 N–H and O–H groups in total. The summed E-state index contributed by atoms with van der Waals surface area (Å²) >= 11 is 0. The van der Waals surface area contributed by atoms with Gasteiger partial charge in [0.2, 0.25) is 0 Å². The van der Waals surface area contributed by atoms with E-state index in [4.69, 9.17) is 4.74 Å². The van der Waals surface area contributed by atoms with Crippen molar-refractivity contribution < 1.29 is 4.74 Å². The van der Waals surface area contributed by atoms with Crippen molar-refractivity contribution in [1.29, 1.82) is 0 Å². The summed E-state index contributed by atoms with van der Waals surface area (Å²) in [5.41, 5.74) is 3.85. The minimum Gasteiger partial charge on any atom is -0.457 e. The third-order valence-corrected chi connectivity index (χ3v) is 2.79. The number of hydrogen-bond acceptors (Lipinski definition) is 3. The molecule has 0 unspecified atom stereocenters. The van der Waals surface area contributed by atoms with E-state index >= 15 is 0 Å². The molecule has 0 fully saturated rings. The molecule has 0 bridgehead atoms. The molecule has 1 aliphatic heterocycles. The fourth-order valence-electron chi connectivity index (χ4n) is 2.02. The van der Waals surface area contributed by atoms with E-state index in [1.165, 1.54) is 16.7 Å². The highest BCUT2D eigenvalue weighted by molar-refractivity contribution is 5.85. The van der Waals surface area contributed by atoms with Gasteiger partial charge >= 0.3 is 0 Å². The summed E-state index contributed by atoms with van der Waals surface area (Å²) in [7, 11) is 0. The summed E-state index contributed by atoms with van der Waals surface area (Å²) < 4.78 is 5.83. The summed E-state index contributed by atoms with van der Waals surface area (Å²) in [4.78, 5) is 0. The van der Waals surface area contributed by atoms with Crippen molar-refractivity contribution in [3.8, 4) is 11.5 Å². The van der Waals surface area contributed by atoms with Crippen LogP contribution < -0.4 is 17.0 Å². The number of para-hydroxylation sites is 1. The molecule has 0 aliphatic carbocycles. The van der Waals surface area contributed by atoms with Gasteiger partial charge in [-0.3, -0.25) is 0 Å². The summed E-state index contributed by atoms with van der Waals surface area (Å²) in [6, 6.07) is 14.6. The molecule has 0 atom stereocenters. The molecule has 0 aromatic heterocycles. The van der Waals surface area contributed by atoms with Crippen LogP contribution in [0, 0.1) is 6.92 Å². The molecule has 3 nitrogen and oxygen atoms in total. The van der Waals surface area contributed by atoms with Crippen LogP contribution >= 0.6 is 24.8 Å². The number of ether oxygens (including phenoxy) is 1. The van der Waals surface area contributed by atoms with E-state index in [2.05, 4.69) is 37.3 Å². The zero-order valence-electron chi connectivity index (χ0n) is 10.9. The second-order valence-electron chi connectivity index (χ2n) is 4.00. The zero-order valence-corrected chi connectivity index (χ0v) is 12.5. The van der Waals surface area contributed by atoms with Gasteiger partial charge in [0.05, 0.1) is 0 Å². The number of benzene rings is 2. The molecule has 5 heteroatoms. The molecule has 2 aromatic rings. The lowest BCUT2D eigenvalue weighted by molar-refractivity contribution is 0.460. The monoisotopic (exact) mass is 302 g/mol. The van der Waals surface area contributed by atoms with Crippen molar-refractivity contribution in [2.24, 2.45) is 0 Å². The first-order chi connectivity index (χ1) is 7.33. The summed E-state index contributed by atoms with van der Waals surface area (Å²) in [6.07, 6.45) is 0.979. The molecule has 1 aliphatic rings. The lowest BCUT2D eigenvalue weighted by Crippen LogP contribution is -2.02. The van der Waals surface area contributed by atoms with E-state index in [1.54, 1.807) is 0 Å². The molecule has 0 amide bonds. The molecule has 106 valence electrons. The predicted molar refractivity (Wildman–Crippen MR) is 85.0 cm³/mol. The Morgan fingerprint density at radius 3 is 2.21 bits per heavy atom. The van der Waals surface area contributed by atoms with Crippen LogP contribution in [0.5, 0.6) is 11.5 Å². The zero-order chi connectivity index (χ0) is 10.3. The Kier molecular flexibility index (Phi) is 8.47. The average molecular weight is 303 g/mol. The molecule has 0 spiro atoms. The first-order valence-corrected chi connectivity index (χ1v) is 5.18. The van der Waals surface area contributed by atoms with E-state index in [9.17, 15) is 0 Å². The molecule has 0 saturated carbocycles. The van der Waals surface area contributed by atoms with Crippen molar-refractivity contribution in [3.63, 3.8) is 0 Å². The van der Waals surface area contributed by atoms with Gasteiger partial charge in [0, 0.05) is 6.42 Å². The van der Waals surface area contributed by atoms with Gasteiger partial charge in [0.1, 0.15) is 11.5 Å². The maximum Gasteiger partial charge on any atom is 0.130 e. The maximum absolute atomic E-state index is 5.83. The highest BCUT2D eigenvalue weighted by Gasteiger charge is 2.15. The van der Waals surface area contributed by atoms with E-state index in [0.717, 1.165) is 17.9 Å². The maximum atomic E-state index is 5.83. The van der Waals surface area contributed by atoms with Crippen LogP contribution in [0.4, 0.5) is 0 Å². The molecular formula is C14H20Cl2N2O. The van der Waals surface area contributed by atoms with Crippen molar-refractivity contribution in [2.75, 3.05) is 0 Å². The van der Waals surface area contributed by atoms with Crippen molar-refractivity contribution in [1.82, 2.24) is 12.3 Å². The third kappa shape index (κ3) is 3.85. The fourth-order valence-corrected chi connectivity index (χ4v) is 2.02. The predicted octanol–water partition coefficient (Wildman–Crippen LogP) is 4.86. The van der Waals surface area contributed by atoms with E-state index in [-0.39, 0.29) is 37.1 Å². The highest BCUT2D eigenvalue weighted by Crippen LogP contribution is 2.36. The van der Waals surface area contributed by atoms with Gasteiger partial charge in [0.25, 0.3) is 0 Å². The fraction of sp³-hybridized carbons (Fsp3) is 0.143. The Balaban J connectivity index is 0. The number of fused-ring (bicyclic) bond motifs is 2. The second kappa shape index (κ2) is 8.02. The van der Waals surface area contributed by atoms with Crippen molar-refractivity contribution in [3.05, 3.63) is 59.2 Å². The van der Waals surface area contributed by atoms with Crippen LogP contribution in [-0.2, 0) is 6.42 Å². The largest absolute Gasteiger partial charge is 0.457 e. The minimum absolute atomic E-state index is 0. The summed E-state index contributed by atoms with van der Waals surface area (Å²) in [6.45, 7) is 2.11. The molecular weight excluding hydrogens is 283 g/mol. The van der Waals surface area contributed by atoms with Crippen LogP contribution in [0.3, 0.4) is 0 Å². The smallest absolute Gasteiger partial charge is 0.130 e. The lowest BCUT2D eigenvalue weighted by atomic mass is 9.99. The summed E-state index contributed by atoms with van der Waals surface area (Å²) in [5, 5.41) is 0. The summed E-state index contributed by atoms with van der Waals surface area (Å²) in [5.74, 6) is 1.99. The molecule has 19 heavy (non-hydrogen) atoms. The lowest BCUT2D eigenvalue weighted by Gasteiger charge is -2.20. The number of aryl methyl sites for hydroxylation is 1. The molecule has 3 rings (SSSR count). The standard InChI is InChI=1S/C14H12O.2ClH.2H3N/c1-10-6-7-14-12(8-10)9-11-4-2-3-5-13(11)15-14;;;;/h2-8H,9H2,1H3;2*1H;2*1H3. The van der Waals surface area contributed by atoms with Crippen molar-refractivity contribution >= 4 is 24.8 Å². The third-order valence-electron chi connectivity index (χ3n) is 2.79. The number of hydrogen-bond donors (Lipinski definition) is 2. The van der Waals surface area contributed by atoms with Gasteiger partial charge < -0.3 is 17.0 Å². The molecule has 1 heterocycles. The first kappa shape index (κ1) is 20.1. The molecule has 0 radical (unpaired) electrons. The van der Waals surface area contributed by atoms with Crippen LogP contribution in [0.15, 0.2) is 42.5 Å². The highest BCUT2D eigenvalue weighted by atomic mass is 35.5. The first-order valence-electron chi connectivity index (χ1n) is 5.18. The average Bonchev–Trinajstić information content (AvgIpc) is 2.26. The van der Waals surface area contributed by atoms with Gasteiger partial charge in [-0.05, 0) is 30.2 Å². The molecule has 2 aromatic carbocycles. The Bertz CT molecular complexity index is 533. The SMILES string of the molecule is Cc1ccc2c(c1)Cc1ccccc1O2.Cl.Cl.N.N. The van der Waals surface area contributed by atoms with Crippen LogP contribution in [0.1, 0.15) is 16.7 Å².